The number of nitrogens with zero attached hydrogens (tertiary/aromatic N) is 2. The fourth-order valence-electron chi connectivity index (χ4n) is 0.0250. The first kappa shape index (κ1) is 8.96. The van der Waals surface area contributed by atoms with Crippen molar-refractivity contribution < 1.29 is 0 Å². The van der Waals surface area contributed by atoms with Crippen LogP contribution in [0.2, 0.25) is 0 Å². The molecular formula is C2H4N3P. The van der Waals surface area contributed by atoms with Crippen LogP contribution in [0.5, 0.6) is 0 Å². The molecule has 0 aromatic rings. The number of rotatable bonds is 0. The molecule has 32 valence electrons. The lowest BCUT2D eigenvalue weighted by Crippen LogP contribution is -1.88. The predicted octanol–water partition coefficient (Wildman–Crippen LogP) is -0.404. The molecule has 0 saturated heterocycles. The molecule has 1 unspecified atom stereocenters. The van der Waals surface area contributed by atoms with Crippen molar-refractivity contribution in [3.8, 4) is 12.4 Å². The summed E-state index contributed by atoms with van der Waals surface area (Å²) in [5.41, 5.74) is 0. The predicted molar refractivity (Wildman–Crippen MR) is 25.5 cm³/mol. The Hall–Kier alpha value is -0.790. The zero-order chi connectivity index (χ0) is 4.12. The monoisotopic (exact) mass is 101 g/mol. The Bertz CT molecular complexity index is 73.9. The van der Waals surface area contributed by atoms with Crippen LogP contribution < -0.4 is 5.32 Å². The van der Waals surface area contributed by atoms with Gasteiger partial charge >= 0.3 is 0 Å². The second-order valence-corrected chi connectivity index (χ2v) is 0.349. The second kappa shape index (κ2) is 8.88. The molecule has 6 heavy (non-hydrogen) atoms. The van der Waals surface area contributed by atoms with E-state index in [0.717, 1.165) is 0 Å². The van der Waals surface area contributed by atoms with Crippen LogP contribution in [0.4, 0.5) is 0 Å². The van der Waals surface area contributed by atoms with Crippen molar-refractivity contribution in [3.05, 3.63) is 0 Å². The van der Waals surface area contributed by atoms with Crippen molar-refractivity contribution in [2.45, 2.75) is 0 Å². The Morgan fingerprint density at radius 2 is 1.50 bits per heavy atom. The number of nitriles is 2. The first-order valence-electron chi connectivity index (χ1n) is 0.947. The van der Waals surface area contributed by atoms with Crippen molar-refractivity contribution in [1.82, 2.24) is 5.32 Å². The van der Waals surface area contributed by atoms with Gasteiger partial charge in [0.25, 0.3) is 0 Å². The molecule has 0 amide bonds. The van der Waals surface area contributed by atoms with Crippen LogP contribution in [0.15, 0.2) is 0 Å². The zero-order valence-corrected chi connectivity index (χ0v) is 4.52. The minimum absolute atomic E-state index is 0. The van der Waals surface area contributed by atoms with E-state index < -0.39 is 0 Å². The van der Waals surface area contributed by atoms with Crippen molar-refractivity contribution in [3.63, 3.8) is 0 Å². The minimum atomic E-state index is 0. The van der Waals surface area contributed by atoms with Gasteiger partial charge in [0, 0.05) is 0 Å². The van der Waals surface area contributed by atoms with Gasteiger partial charge in [-0.15, -0.1) is 0 Å². The molecule has 0 aromatic heterocycles. The lowest BCUT2D eigenvalue weighted by Gasteiger charge is -1.56. The maximum absolute atomic E-state index is 7.48. The molecule has 0 saturated carbocycles. The van der Waals surface area contributed by atoms with Gasteiger partial charge in [-0.1, -0.05) is 0 Å². The van der Waals surface area contributed by atoms with Gasteiger partial charge in [0.05, 0.1) is 0 Å². The first-order chi connectivity index (χ1) is 2.41. The summed E-state index contributed by atoms with van der Waals surface area (Å²) in [5, 5.41) is 16.7. The molecule has 0 aromatic carbocycles. The van der Waals surface area contributed by atoms with Crippen LogP contribution in [0.25, 0.3) is 0 Å². The third-order valence-corrected chi connectivity index (χ3v) is 0.112. The summed E-state index contributed by atoms with van der Waals surface area (Å²) in [6, 6.07) is 0. The lowest BCUT2D eigenvalue weighted by atomic mass is 11.2. The number of nitrogens with one attached hydrogen (secondary N) is 1. The summed E-state index contributed by atoms with van der Waals surface area (Å²) < 4.78 is 0. The molecule has 0 bridgehead atoms. The molecule has 0 fully saturated rings. The molecule has 0 radical (unpaired) electrons. The maximum Gasteiger partial charge on any atom is 0.190 e. The van der Waals surface area contributed by atoms with E-state index in [-0.39, 0.29) is 9.90 Å². The Morgan fingerprint density at radius 1 is 1.17 bits per heavy atom. The van der Waals surface area contributed by atoms with E-state index in [4.69, 9.17) is 10.5 Å². The van der Waals surface area contributed by atoms with E-state index in [2.05, 4.69) is 0 Å². The van der Waals surface area contributed by atoms with Crippen molar-refractivity contribution >= 4 is 9.90 Å². The first-order valence-corrected chi connectivity index (χ1v) is 0.947. The van der Waals surface area contributed by atoms with Gasteiger partial charge in [0.2, 0.25) is 0 Å². The topological polar surface area (TPSA) is 59.6 Å². The van der Waals surface area contributed by atoms with Crippen molar-refractivity contribution in [2.24, 2.45) is 0 Å². The van der Waals surface area contributed by atoms with E-state index >= 15 is 0 Å². The number of hydrogen-bond donors (Lipinski definition) is 1. The van der Waals surface area contributed by atoms with Gasteiger partial charge in [-0.25, -0.2) is 5.32 Å². The fourth-order valence-corrected chi connectivity index (χ4v) is 0.0250. The van der Waals surface area contributed by atoms with Crippen LogP contribution in [0, 0.1) is 22.9 Å². The van der Waals surface area contributed by atoms with Crippen LogP contribution in [-0.4, -0.2) is 0 Å². The summed E-state index contributed by atoms with van der Waals surface area (Å²) in [5.74, 6) is 0. The maximum atomic E-state index is 7.48. The molecule has 0 spiro atoms. The zero-order valence-electron chi connectivity index (χ0n) is 3.10. The molecule has 1 atom stereocenters. The van der Waals surface area contributed by atoms with Gasteiger partial charge < -0.3 is 0 Å². The summed E-state index contributed by atoms with van der Waals surface area (Å²) in [4.78, 5) is 0. The summed E-state index contributed by atoms with van der Waals surface area (Å²) in [6.07, 6.45) is 2.81. The Labute approximate surface area is 39.2 Å². The van der Waals surface area contributed by atoms with Gasteiger partial charge in [-0.3, -0.25) is 0 Å². The Kier molecular flexibility index (Phi) is 13.3. The van der Waals surface area contributed by atoms with Crippen LogP contribution in [-0.2, 0) is 0 Å². The highest BCUT2D eigenvalue weighted by Gasteiger charge is 1.53. The minimum Gasteiger partial charge on any atom is -0.229 e. The van der Waals surface area contributed by atoms with Gasteiger partial charge in [-0.2, -0.15) is 20.4 Å². The summed E-state index contributed by atoms with van der Waals surface area (Å²) in [7, 11) is 0. The molecule has 0 rings (SSSR count). The Balaban J connectivity index is 0. The average molecular weight is 101 g/mol. The van der Waals surface area contributed by atoms with Crippen molar-refractivity contribution in [1.29, 1.82) is 10.5 Å². The average Bonchev–Trinajstić information content (AvgIpc) is 1.41. The molecule has 4 heteroatoms. The van der Waals surface area contributed by atoms with Crippen LogP contribution in [0.1, 0.15) is 0 Å². The van der Waals surface area contributed by atoms with Gasteiger partial charge in [-0.05, 0) is 0 Å². The highest BCUT2D eigenvalue weighted by atomic mass is 31.0. The quantitative estimate of drug-likeness (QED) is 0.256. The largest absolute Gasteiger partial charge is 0.229 e. The normalized spacial score (nSPS) is 3.00. The van der Waals surface area contributed by atoms with Crippen LogP contribution in [0.3, 0.4) is 0 Å². The van der Waals surface area contributed by atoms with E-state index in [9.17, 15) is 0 Å². The second-order valence-electron chi connectivity index (χ2n) is 0.349. The van der Waals surface area contributed by atoms with Crippen LogP contribution >= 0.6 is 9.90 Å². The molecular weight excluding hydrogens is 97.0 g/mol. The van der Waals surface area contributed by atoms with E-state index in [1.807, 2.05) is 0 Å². The standard InChI is InChI=1S/C2HN3.H3P/c3-1-5-2-4;/h5H;1H3. The molecule has 0 aliphatic rings. The molecule has 3 nitrogen and oxygen atoms in total. The lowest BCUT2D eigenvalue weighted by molar-refractivity contribution is 1.20. The smallest absolute Gasteiger partial charge is 0.190 e. The third-order valence-electron chi connectivity index (χ3n) is 0.112. The van der Waals surface area contributed by atoms with E-state index in [1.165, 1.54) is 12.4 Å². The molecule has 1 N–H and O–H groups in total. The highest BCUT2D eigenvalue weighted by molar-refractivity contribution is 6.92. The van der Waals surface area contributed by atoms with Crippen molar-refractivity contribution in [2.75, 3.05) is 0 Å². The summed E-state index contributed by atoms with van der Waals surface area (Å²) in [6.45, 7) is 0. The summed E-state index contributed by atoms with van der Waals surface area (Å²) >= 11 is 0. The SMILES string of the molecule is N#CNC#N.P. The van der Waals surface area contributed by atoms with Gasteiger partial charge in [0.1, 0.15) is 0 Å². The Morgan fingerprint density at radius 3 is 1.50 bits per heavy atom. The number of hydrogen-bond acceptors (Lipinski definition) is 3. The van der Waals surface area contributed by atoms with E-state index in [1.54, 1.807) is 5.32 Å². The molecule has 0 aliphatic heterocycles. The third kappa shape index (κ3) is 10.7. The fraction of sp³-hybridized carbons (Fsp3) is 0. The highest BCUT2D eigenvalue weighted by Crippen LogP contribution is 1.28. The molecule has 0 aliphatic carbocycles. The van der Waals surface area contributed by atoms with Gasteiger partial charge in [0.15, 0.2) is 12.4 Å². The molecule has 0 heterocycles. The van der Waals surface area contributed by atoms with E-state index in [0.29, 0.717) is 0 Å².